The minimum absolute atomic E-state index is 0.0789. The van der Waals surface area contributed by atoms with Gasteiger partial charge in [-0.2, -0.15) is 0 Å². The van der Waals surface area contributed by atoms with Crippen LogP contribution in [0.1, 0.15) is 152 Å². The van der Waals surface area contributed by atoms with Crippen LogP contribution in [0.2, 0.25) is 0 Å². The second-order valence-corrected chi connectivity index (χ2v) is 19.2. The molecule has 48 heavy (non-hydrogen) atoms. The van der Waals surface area contributed by atoms with Crippen LogP contribution in [-0.4, -0.2) is 40.4 Å². The molecule has 0 aromatic heterocycles. The number of esters is 1. The fraction of sp³-hybridized carbons (Fsp3) is 0.854. The Kier molecular flexibility index (Phi) is 9.10. The summed E-state index contributed by atoms with van der Waals surface area (Å²) in [7, 11) is 0. The Morgan fingerprint density at radius 1 is 0.875 bits per heavy atom. The number of nitrogens with one attached hydrogen (secondary N) is 1. The average Bonchev–Trinajstić information content (AvgIpc) is 3.30. The molecule has 6 aliphatic carbocycles. The molecule has 7 heteroatoms. The highest BCUT2D eigenvalue weighted by molar-refractivity contribution is 6.02. The fourth-order valence-electron chi connectivity index (χ4n) is 13.0. The summed E-state index contributed by atoms with van der Waals surface area (Å²) in [5, 5.41) is 13.2. The van der Waals surface area contributed by atoms with Gasteiger partial charge in [-0.1, -0.05) is 60.8 Å². The molecule has 0 aromatic carbocycles. The van der Waals surface area contributed by atoms with E-state index in [-0.39, 0.29) is 52.3 Å². The third kappa shape index (κ3) is 5.60. The van der Waals surface area contributed by atoms with Crippen molar-refractivity contribution < 1.29 is 29.0 Å². The number of aliphatic carboxylic acids is 1. The molecule has 0 bridgehead atoms. The van der Waals surface area contributed by atoms with Gasteiger partial charge in [-0.15, -0.1) is 0 Å². The van der Waals surface area contributed by atoms with E-state index < -0.39 is 22.9 Å². The normalized spacial score (nSPS) is 39.6. The number of carboxylic acids is 1. The molecule has 268 valence electrons. The number of hydrogen-bond donors (Lipinski definition) is 2. The molecule has 5 saturated carbocycles. The van der Waals surface area contributed by atoms with Crippen LogP contribution in [0.3, 0.4) is 0 Å². The molecule has 0 radical (unpaired) electrons. The van der Waals surface area contributed by atoms with E-state index >= 15 is 0 Å². The Morgan fingerprint density at radius 2 is 1.54 bits per heavy atom. The quantitative estimate of drug-likeness (QED) is 0.264. The lowest BCUT2D eigenvalue weighted by molar-refractivity contribution is -0.213. The van der Waals surface area contributed by atoms with Gasteiger partial charge in [0.2, 0.25) is 5.91 Å². The third-order valence-electron chi connectivity index (χ3n) is 15.3. The van der Waals surface area contributed by atoms with Crippen molar-refractivity contribution in [3.05, 3.63) is 11.1 Å². The molecule has 5 fully saturated rings. The number of rotatable bonds is 7. The van der Waals surface area contributed by atoms with Crippen molar-refractivity contribution in [1.29, 1.82) is 0 Å². The topological polar surface area (TPSA) is 110 Å². The van der Waals surface area contributed by atoms with Crippen LogP contribution < -0.4 is 5.32 Å². The Hall–Kier alpha value is -2.18. The summed E-state index contributed by atoms with van der Waals surface area (Å²) in [5.41, 5.74) is 0.704. The molecule has 8 unspecified atom stereocenters. The molecule has 2 N–H and O–H groups in total. The van der Waals surface area contributed by atoms with Gasteiger partial charge >= 0.3 is 11.9 Å². The van der Waals surface area contributed by atoms with Gasteiger partial charge in [0.15, 0.2) is 5.78 Å². The smallest absolute Gasteiger partial charge is 0.309 e. The summed E-state index contributed by atoms with van der Waals surface area (Å²) in [5.74, 6) is 1.03. The summed E-state index contributed by atoms with van der Waals surface area (Å²) in [6.07, 6.45) is 13.6. The number of hydrogen-bond acceptors (Lipinski definition) is 5. The predicted molar refractivity (Wildman–Crippen MR) is 186 cm³/mol. The van der Waals surface area contributed by atoms with Gasteiger partial charge in [-0.05, 0) is 130 Å². The molecule has 0 heterocycles. The predicted octanol–water partition coefficient (Wildman–Crippen LogP) is 8.44. The highest BCUT2D eigenvalue weighted by atomic mass is 16.5. The standard InChI is InChI=1S/C41H63NO6/c1-24(2)33-28(43)22-41(42-35(45)25-12-10-9-11-13-25)21-16-27-26(34(33)41)14-15-30-39(27,7)19-17-29-38(5,6)31(18-20-40(29,30)8)48-32(44)23-37(3,4)36(46)47/h24-27,29-31H,9-23H2,1-8H3,(H,42,45)(H,46,47). The average molecular weight is 666 g/mol. The van der Waals surface area contributed by atoms with Gasteiger partial charge in [0.05, 0.1) is 17.4 Å². The Labute approximate surface area is 289 Å². The molecule has 0 aliphatic heterocycles. The number of carboxylic acid groups (broad SMARTS) is 1. The van der Waals surface area contributed by atoms with E-state index in [1.165, 1.54) is 12.0 Å². The molecular weight excluding hydrogens is 602 g/mol. The van der Waals surface area contributed by atoms with Crippen LogP contribution in [0.25, 0.3) is 0 Å². The molecule has 0 aromatic rings. The summed E-state index contributed by atoms with van der Waals surface area (Å²) in [4.78, 5) is 52.3. The summed E-state index contributed by atoms with van der Waals surface area (Å²) >= 11 is 0. The number of ketones is 1. The maximum atomic E-state index is 13.8. The number of ether oxygens (including phenoxy) is 1. The number of allylic oxidation sites excluding steroid dienone is 1. The molecule has 0 spiro atoms. The van der Waals surface area contributed by atoms with Crippen LogP contribution in [0, 0.1) is 57.2 Å². The first-order valence-electron chi connectivity index (χ1n) is 19.4. The molecule has 6 rings (SSSR count). The largest absolute Gasteiger partial charge is 0.481 e. The van der Waals surface area contributed by atoms with E-state index in [1.54, 1.807) is 13.8 Å². The lowest BCUT2D eigenvalue weighted by atomic mass is 9.37. The number of Topliss-reactive ketones (excluding diaryl/α,β-unsaturated/α-hetero) is 1. The number of carbonyl (C=O) groups is 4. The fourth-order valence-corrected chi connectivity index (χ4v) is 13.0. The zero-order valence-corrected chi connectivity index (χ0v) is 31.1. The molecule has 7 nitrogen and oxygen atoms in total. The zero-order valence-electron chi connectivity index (χ0n) is 31.1. The Balaban J connectivity index is 1.25. The van der Waals surface area contributed by atoms with E-state index in [4.69, 9.17) is 4.74 Å². The highest BCUT2D eigenvalue weighted by Crippen LogP contribution is 2.72. The number of fused-ring (bicyclic) bond motifs is 7. The molecule has 6 aliphatic rings. The summed E-state index contributed by atoms with van der Waals surface area (Å²) in [6, 6.07) is 0. The van der Waals surface area contributed by atoms with Crippen LogP contribution in [-0.2, 0) is 23.9 Å². The first kappa shape index (κ1) is 35.6. The third-order valence-corrected chi connectivity index (χ3v) is 15.3. The monoisotopic (exact) mass is 665 g/mol. The van der Waals surface area contributed by atoms with Crippen molar-refractivity contribution in [3.8, 4) is 0 Å². The summed E-state index contributed by atoms with van der Waals surface area (Å²) < 4.78 is 6.14. The van der Waals surface area contributed by atoms with Gasteiger partial charge in [0, 0.05) is 17.8 Å². The van der Waals surface area contributed by atoms with E-state index in [0.717, 1.165) is 82.6 Å². The minimum atomic E-state index is -1.15. The van der Waals surface area contributed by atoms with Crippen molar-refractivity contribution in [1.82, 2.24) is 5.32 Å². The minimum Gasteiger partial charge on any atom is -0.481 e. The van der Waals surface area contributed by atoms with E-state index in [2.05, 4.69) is 46.9 Å². The van der Waals surface area contributed by atoms with Crippen LogP contribution >= 0.6 is 0 Å². The van der Waals surface area contributed by atoms with Gasteiger partial charge in [-0.3, -0.25) is 19.2 Å². The highest BCUT2D eigenvalue weighted by Gasteiger charge is 2.67. The van der Waals surface area contributed by atoms with Crippen LogP contribution in [0.5, 0.6) is 0 Å². The van der Waals surface area contributed by atoms with Crippen molar-refractivity contribution in [2.45, 2.75) is 163 Å². The maximum absolute atomic E-state index is 13.8. The van der Waals surface area contributed by atoms with Crippen molar-refractivity contribution in [3.63, 3.8) is 0 Å². The van der Waals surface area contributed by atoms with Gasteiger partial charge in [-0.25, -0.2) is 0 Å². The second-order valence-electron chi connectivity index (χ2n) is 19.2. The molecule has 0 saturated heterocycles. The van der Waals surface area contributed by atoms with Gasteiger partial charge in [0.25, 0.3) is 0 Å². The van der Waals surface area contributed by atoms with E-state index in [0.29, 0.717) is 30.1 Å². The second kappa shape index (κ2) is 12.2. The first-order chi connectivity index (χ1) is 22.4. The van der Waals surface area contributed by atoms with E-state index in [9.17, 15) is 24.3 Å². The summed E-state index contributed by atoms with van der Waals surface area (Å²) in [6.45, 7) is 17.1. The van der Waals surface area contributed by atoms with Crippen LogP contribution in [0.15, 0.2) is 11.1 Å². The first-order valence-corrected chi connectivity index (χ1v) is 19.4. The van der Waals surface area contributed by atoms with Gasteiger partial charge in [0.1, 0.15) is 6.10 Å². The van der Waals surface area contributed by atoms with Crippen LogP contribution in [0.4, 0.5) is 0 Å². The van der Waals surface area contributed by atoms with E-state index in [1.807, 2.05) is 0 Å². The SMILES string of the molecule is CC(C)C1=C2C3CCC4C(C)(CCC5C(C)(C)C(OC(=O)CC(C)(C)C(=O)O)CCC54C)C3CCC2(NC(=O)C2CCCCC2)CC1=O. The molecule has 8 atom stereocenters. The number of carbonyl (C=O) groups excluding carboxylic acids is 3. The molecule has 1 amide bonds. The van der Waals surface area contributed by atoms with Crippen molar-refractivity contribution in [2.24, 2.45) is 57.2 Å². The maximum Gasteiger partial charge on any atom is 0.309 e. The van der Waals surface area contributed by atoms with Crippen molar-refractivity contribution >= 4 is 23.6 Å². The molecular formula is C41H63NO6. The zero-order chi connectivity index (χ0) is 35.0. The lowest BCUT2D eigenvalue weighted by Crippen LogP contribution is -2.64. The lowest BCUT2D eigenvalue weighted by Gasteiger charge is -2.68. The Bertz CT molecular complexity index is 1370. The van der Waals surface area contributed by atoms with Crippen molar-refractivity contribution in [2.75, 3.05) is 0 Å². The van der Waals surface area contributed by atoms with Gasteiger partial charge < -0.3 is 15.2 Å². The Morgan fingerprint density at radius 3 is 2.19 bits per heavy atom. The number of amides is 1.